The molecule has 0 saturated carbocycles. The van der Waals surface area contributed by atoms with Gasteiger partial charge in [-0.05, 0) is 24.6 Å². The van der Waals surface area contributed by atoms with Gasteiger partial charge in [0, 0.05) is 19.5 Å². The van der Waals surface area contributed by atoms with E-state index in [0.29, 0.717) is 18.5 Å². The SMILES string of the molecule is CCOc1cccc(C2CN=C(N)N(C)C2)c1. The third kappa shape index (κ3) is 2.70. The minimum absolute atomic E-state index is 0.396. The molecular weight excluding hydrogens is 214 g/mol. The summed E-state index contributed by atoms with van der Waals surface area (Å²) >= 11 is 0. The molecular formula is C13H19N3O. The quantitative estimate of drug-likeness (QED) is 0.859. The molecule has 1 aliphatic rings. The Morgan fingerprint density at radius 1 is 1.53 bits per heavy atom. The zero-order valence-corrected chi connectivity index (χ0v) is 10.4. The number of likely N-dealkylation sites (N-methyl/N-ethyl adjacent to an activating group) is 1. The van der Waals surface area contributed by atoms with Crippen molar-refractivity contribution in [1.29, 1.82) is 0 Å². The zero-order chi connectivity index (χ0) is 12.3. The van der Waals surface area contributed by atoms with Gasteiger partial charge in [0.1, 0.15) is 5.75 Å². The fourth-order valence-corrected chi connectivity index (χ4v) is 2.04. The van der Waals surface area contributed by atoms with Gasteiger partial charge in [-0.15, -0.1) is 0 Å². The third-order valence-electron chi connectivity index (χ3n) is 3.00. The van der Waals surface area contributed by atoms with E-state index in [1.807, 2.05) is 31.0 Å². The van der Waals surface area contributed by atoms with Gasteiger partial charge in [0.15, 0.2) is 5.96 Å². The molecule has 4 heteroatoms. The third-order valence-corrected chi connectivity index (χ3v) is 3.00. The lowest BCUT2D eigenvalue weighted by atomic mass is 9.97. The van der Waals surface area contributed by atoms with Gasteiger partial charge in [-0.25, -0.2) is 0 Å². The maximum absolute atomic E-state index is 5.75. The first-order chi connectivity index (χ1) is 8.20. The Hall–Kier alpha value is -1.71. The molecule has 1 atom stereocenters. The lowest BCUT2D eigenvalue weighted by Gasteiger charge is -2.29. The lowest BCUT2D eigenvalue weighted by molar-refractivity contribution is 0.339. The van der Waals surface area contributed by atoms with E-state index in [4.69, 9.17) is 10.5 Å². The number of nitrogens with two attached hydrogens (primary N) is 1. The van der Waals surface area contributed by atoms with Crippen LogP contribution in [0.25, 0.3) is 0 Å². The van der Waals surface area contributed by atoms with Crippen LogP contribution in [-0.2, 0) is 0 Å². The summed E-state index contributed by atoms with van der Waals surface area (Å²) in [6.07, 6.45) is 0. The number of ether oxygens (including phenoxy) is 1. The Bertz CT molecular complexity index is 417. The summed E-state index contributed by atoms with van der Waals surface area (Å²) in [5.74, 6) is 1.95. The van der Waals surface area contributed by atoms with Crippen molar-refractivity contribution in [3.05, 3.63) is 29.8 Å². The second-order valence-electron chi connectivity index (χ2n) is 4.28. The first-order valence-corrected chi connectivity index (χ1v) is 5.94. The van der Waals surface area contributed by atoms with Gasteiger partial charge in [0.25, 0.3) is 0 Å². The summed E-state index contributed by atoms with van der Waals surface area (Å²) in [7, 11) is 1.97. The Balaban J connectivity index is 2.15. The molecule has 1 aromatic rings. The first kappa shape index (κ1) is 11.8. The highest BCUT2D eigenvalue weighted by Gasteiger charge is 2.19. The van der Waals surface area contributed by atoms with Crippen molar-refractivity contribution in [3.8, 4) is 5.75 Å². The number of aliphatic imine (C=N–C) groups is 1. The van der Waals surface area contributed by atoms with Crippen LogP contribution in [0.3, 0.4) is 0 Å². The molecule has 1 aliphatic heterocycles. The molecule has 1 unspecified atom stereocenters. The van der Waals surface area contributed by atoms with Crippen molar-refractivity contribution in [2.75, 3.05) is 26.7 Å². The molecule has 0 radical (unpaired) electrons. The molecule has 0 bridgehead atoms. The second kappa shape index (κ2) is 5.08. The second-order valence-corrected chi connectivity index (χ2v) is 4.28. The Labute approximate surface area is 102 Å². The van der Waals surface area contributed by atoms with Gasteiger partial charge in [-0.2, -0.15) is 0 Å². The van der Waals surface area contributed by atoms with Crippen LogP contribution >= 0.6 is 0 Å². The van der Waals surface area contributed by atoms with E-state index in [9.17, 15) is 0 Å². The average molecular weight is 233 g/mol. The zero-order valence-electron chi connectivity index (χ0n) is 10.4. The smallest absolute Gasteiger partial charge is 0.191 e. The molecule has 1 heterocycles. The molecule has 0 saturated heterocycles. The van der Waals surface area contributed by atoms with Gasteiger partial charge >= 0.3 is 0 Å². The average Bonchev–Trinajstić information content (AvgIpc) is 2.33. The Morgan fingerprint density at radius 2 is 2.35 bits per heavy atom. The van der Waals surface area contributed by atoms with Gasteiger partial charge in [-0.3, -0.25) is 4.99 Å². The van der Waals surface area contributed by atoms with Gasteiger partial charge in [0.05, 0.1) is 13.2 Å². The number of rotatable bonds is 3. The molecule has 0 amide bonds. The summed E-state index contributed by atoms with van der Waals surface area (Å²) in [6.45, 7) is 4.35. The number of guanidine groups is 1. The fraction of sp³-hybridized carbons (Fsp3) is 0.462. The van der Waals surface area contributed by atoms with Crippen molar-refractivity contribution >= 4 is 5.96 Å². The highest BCUT2D eigenvalue weighted by atomic mass is 16.5. The largest absolute Gasteiger partial charge is 0.494 e. The molecule has 0 spiro atoms. The van der Waals surface area contributed by atoms with Crippen LogP contribution in [0.2, 0.25) is 0 Å². The van der Waals surface area contributed by atoms with Crippen molar-refractivity contribution in [1.82, 2.24) is 4.90 Å². The highest BCUT2D eigenvalue weighted by Crippen LogP contribution is 2.24. The molecule has 17 heavy (non-hydrogen) atoms. The minimum atomic E-state index is 0.396. The van der Waals surface area contributed by atoms with Crippen LogP contribution in [0.4, 0.5) is 0 Å². The molecule has 4 nitrogen and oxygen atoms in total. The standard InChI is InChI=1S/C13H19N3O/c1-3-17-12-6-4-5-10(7-12)11-8-15-13(14)16(2)9-11/h4-7,11H,3,8-9H2,1-2H3,(H2,14,15). The Kier molecular flexibility index (Phi) is 3.52. The first-order valence-electron chi connectivity index (χ1n) is 5.94. The van der Waals surface area contributed by atoms with E-state index in [-0.39, 0.29) is 0 Å². The predicted octanol–water partition coefficient (Wildman–Crippen LogP) is 1.43. The molecule has 2 rings (SSSR count). The summed E-state index contributed by atoms with van der Waals surface area (Å²) in [6, 6.07) is 8.23. The minimum Gasteiger partial charge on any atom is -0.494 e. The van der Waals surface area contributed by atoms with Crippen molar-refractivity contribution in [2.24, 2.45) is 10.7 Å². The number of hydrogen-bond acceptors (Lipinski definition) is 4. The highest BCUT2D eigenvalue weighted by molar-refractivity contribution is 5.78. The van der Waals surface area contributed by atoms with Crippen LogP contribution in [-0.4, -0.2) is 37.6 Å². The van der Waals surface area contributed by atoms with Crippen LogP contribution in [0.15, 0.2) is 29.3 Å². The van der Waals surface area contributed by atoms with Gasteiger partial charge < -0.3 is 15.4 Å². The van der Waals surface area contributed by atoms with Gasteiger partial charge in [-0.1, -0.05) is 12.1 Å². The van der Waals surface area contributed by atoms with Crippen LogP contribution < -0.4 is 10.5 Å². The lowest BCUT2D eigenvalue weighted by Crippen LogP contribution is -2.41. The van der Waals surface area contributed by atoms with E-state index in [2.05, 4.69) is 17.1 Å². The fourth-order valence-electron chi connectivity index (χ4n) is 2.04. The summed E-state index contributed by atoms with van der Waals surface area (Å²) in [5, 5.41) is 0. The molecule has 0 fully saturated rings. The maximum Gasteiger partial charge on any atom is 0.191 e. The number of nitrogens with zero attached hydrogens (tertiary/aromatic N) is 2. The molecule has 92 valence electrons. The molecule has 1 aromatic carbocycles. The number of hydrogen-bond donors (Lipinski definition) is 1. The molecule has 2 N–H and O–H groups in total. The van der Waals surface area contributed by atoms with Crippen molar-refractivity contribution < 1.29 is 4.74 Å². The normalized spacial score (nSPS) is 20.0. The van der Waals surface area contributed by atoms with E-state index < -0.39 is 0 Å². The number of benzene rings is 1. The molecule has 0 aromatic heterocycles. The summed E-state index contributed by atoms with van der Waals surface area (Å²) < 4.78 is 5.51. The van der Waals surface area contributed by atoms with Crippen LogP contribution in [0.1, 0.15) is 18.4 Å². The van der Waals surface area contributed by atoms with E-state index in [1.165, 1.54) is 5.56 Å². The van der Waals surface area contributed by atoms with E-state index >= 15 is 0 Å². The van der Waals surface area contributed by atoms with Crippen LogP contribution in [0.5, 0.6) is 5.75 Å². The van der Waals surface area contributed by atoms with Crippen molar-refractivity contribution in [3.63, 3.8) is 0 Å². The Morgan fingerprint density at radius 3 is 3.06 bits per heavy atom. The predicted molar refractivity (Wildman–Crippen MR) is 69.5 cm³/mol. The monoisotopic (exact) mass is 233 g/mol. The van der Waals surface area contributed by atoms with E-state index in [1.54, 1.807) is 0 Å². The molecule has 0 aliphatic carbocycles. The maximum atomic E-state index is 5.75. The summed E-state index contributed by atoms with van der Waals surface area (Å²) in [5.41, 5.74) is 7.01. The van der Waals surface area contributed by atoms with Crippen molar-refractivity contribution in [2.45, 2.75) is 12.8 Å². The van der Waals surface area contributed by atoms with Gasteiger partial charge in [0.2, 0.25) is 0 Å². The van der Waals surface area contributed by atoms with Crippen LogP contribution in [0, 0.1) is 0 Å². The topological polar surface area (TPSA) is 50.9 Å². The summed E-state index contributed by atoms with van der Waals surface area (Å²) in [4.78, 5) is 6.31. The van der Waals surface area contributed by atoms with E-state index in [0.717, 1.165) is 18.8 Å².